The lowest BCUT2D eigenvalue weighted by Crippen LogP contribution is -2.48. The number of hydrogen-bond acceptors (Lipinski definition) is 7. The minimum atomic E-state index is -0.334. The average Bonchev–Trinajstić information content (AvgIpc) is 3.16. The summed E-state index contributed by atoms with van der Waals surface area (Å²) in [6.45, 7) is 12.8. The minimum Gasteiger partial charge on any atom is -0.405 e. The number of carbonyl (C=O) groups is 1. The second kappa shape index (κ2) is 12.4. The molecule has 6 aromatic rings. The summed E-state index contributed by atoms with van der Waals surface area (Å²) >= 11 is 0. The van der Waals surface area contributed by atoms with Crippen molar-refractivity contribution in [2.24, 2.45) is 4.90 Å². The smallest absolute Gasteiger partial charge is 0.405 e. The number of carbonyl (C=O) groups excluding carboxylic acids is 1. The molecule has 0 atom stereocenters. The highest BCUT2D eigenvalue weighted by molar-refractivity contribution is 6.80. The monoisotopic (exact) mass is 708 g/mol. The second-order valence-corrected chi connectivity index (χ2v) is 16.6. The third kappa shape index (κ3) is 5.49. The van der Waals surface area contributed by atoms with E-state index in [4.69, 9.17) is 14.7 Å². The van der Waals surface area contributed by atoms with Crippen molar-refractivity contribution < 1.29 is 14.6 Å². The maximum absolute atomic E-state index is 14.7. The fraction of sp³-hybridized carbons (Fsp3) is 0.200. The number of nitrogens with one attached hydrogen (secondary N) is 3. The molecule has 1 aliphatic carbocycles. The zero-order chi connectivity index (χ0) is 37.5. The first kappa shape index (κ1) is 34.0. The lowest BCUT2D eigenvalue weighted by atomic mass is 9.65. The molecular formula is C45H42B2N4O3. The molecule has 0 saturated heterocycles. The molecule has 9 rings (SSSR count). The van der Waals surface area contributed by atoms with Crippen LogP contribution in [0.15, 0.2) is 120 Å². The Hall–Kier alpha value is -5.79. The van der Waals surface area contributed by atoms with E-state index in [9.17, 15) is 4.79 Å². The highest BCUT2D eigenvalue weighted by atomic mass is 17.2. The van der Waals surface area contributed by atoms with Crippen molar-refractivity contribution in [1.82, 2.24) is 0 Å². The molecule has 0 saturated carbocycles. The van der Waals surface area contributed by atoms with E-state index in [0.717, 1.165) is 65.7 Å². The fourth-order valence-electron chi connectivity index (χ4n) is 8.03. The molecule has 2 aliphatic heterocycles. The molecule has 0 fully saturated rings. The van der Waals surface area contributed by atoms with Crippen molar-refractivity contribution >= 4 is 80.4 Å². The van der Waals surface area contributed by atoms with Crippen LogP contribution in [-0.2, 0) is 25.4 Å². The number of hydrogen-bond donors (Lipinski definition) is 3. The average molecular weight is 708 g/mol. The van der Waals surface area contributed by atoms with Crippen molar-refractivity contribution in [3.8, 4) is 0 Å². The highest BCUT2D eigenvalue weighted by Gasteiger charge is 2.41. The van der Waals surface area contributed by atoms with E-state index in [1.807, 2.05) is 24.3 Å². The number of nitrogens with zero attached hydrogens (tertiary/aromatic N) is 1. The van der Waals surface area contributed by atoms with Gasteiger partial charge in [0.2, 0.25) is 5.78 Å². The Morgan fingerprint density at radius 1 is 0.611 bits per heavy atom. The van der Waals surface area contributed by atoms with Crippen LogP contribution in [0.4, 0.5) is 17.1 Å². The number of ketones is 1. The van der Waals surface area contributed by atoms with Crippen LogP contribution in [0.5, 0.6) is 0 Å². The minimum absolute atomic E-state index is 0.0414. The molecule has 6 aromatic carbocycles. The summed E-state index contributed by atoms with van der Waals surface area (Å²) < 4.78 is 0. The Bertz CT molecular complexity index is 2690. The largest absolute Gasteiger partial charge is 0.427 e. The standard InChI is InChI=1S/C45H42B2N4O3/c1-44(2,3)28-16-20-30(21-17-28)46-48-34-12-8-10-26-14-24-32(40(50-46)36(26)34)38-42(52)39(43(38)54-53-7)33-25-15-27-11-9-13-35-37(27)41(33)51-47(49-35)31-22-18-29(19-23-31)45(4,5)6/h8-25,48-50H,1-7H3. The molecule has 7 nitrogen and oxygen atoms in total. The van der Waals surface area contributed by atoms with Gasteiger partial charge in [0, 0.05) is 38.6 Å². The van der Waals surface area contributed by atoms with Crippen LogP contribution in [0.2, 0.25) is 0 Å². The van der Waals surface area contributed by atoms with Crippen LogP contribution < -0.4 is 37.2 Å². The van der Waals surface area contributed by atoms with E-state index in [2.05, 4.69) is 142 Å². The van der Waals surface area contributed by atoms with Crippen molar-refractivity contribution in [2.75, 3.05) is 22.8 Å². The van der Waals surface area contributed by atoms with Gasteiger partial charge in [0.1, 0.15) is 0 Å². The van der Waals surface area contributed by atoms with Gasteiger partial charge in [-0.2, -0.15) is 4.89 Å². The Morgan fingerprint density at radius 2 is 1.20 bits per heavy atom. The van der Waals surface area contributed by atoms with Gasteiger partial charge in [-0.15, -0.1) is 0 Å². The van der Waals surface area contributed by atoms with Crippen LogP contribution in [-0.4, -0.2) is 26.9 Å². The van der Waals surface area contributed by atoms with Gasteiger partial charge in [-0.3, -0.25) is 4.79 Å². The van der Waals surface area contributed by atoms with Crippen LogP contribution in [0.25, 0.3) is 32.7 Å². The quantitative estimate of drug-likeness (QED) is 0.102. The zero-order valence-electron chi connectivity index (χ0n) is 31.7. The number of rotatable bonds is 5. The zero-order valence-corrected chi connectivity index (χ0v) is 31.7. The second-order valence-electron chi connectivity index (χ2n) is 16.6. The number of allylic oxidation sites excluding steroid dienone is 2. The van der Waals surface area contributed by atoms with E-state index in [1.165, 1.54) is 18.2 Å². The summed E-state index contributed by atoms with van der Waals surface area (Å²) in [6.07, 6.45) is 0. The SMILES string of the molecule is COOC1=C(c2ccc3cccc4c3c2NB(c2ccc(C(C)(C)C)cc2)N4)C(=O)C1=c1ccc2cccc3c2c1=NB(c1ccc(C(C)(C)C)cc1)N3. The topological polar surface area (TPSA) is 84.0 Å². The van der Waals surface area contributed by atoms with Crippen LogP contribution >= 0.6 is 0 Å². The molecule has 0 aromatic heterocycles. The third-order valence-electron chi connectivity index (χ3n) is 11.0. The molecule has 0 spiro atoms. The molecule has 0 radical (unpaired) electrons. The molecular weight excluding hydrogens is 666 g/mol. The summed E-state index contributed by atoms with van der Waals surface area (Å²) in [5.41, 5.74) is 9.30. The van der Waals surface area contributed by atoms with Gasteiger partial charge in [-0.05, 0) is 55.8 Å². The first-order valence-corrected chi connectivity index (χ1v) is 18.6. The molecule has 9 heteroatoms. The van der Waals surface area contributed by atoms with Crippen molar-refractivity contribution in [1.29, 1.82) is 0 Å². The number of Topliss-reactive ketones (excluding diaryl/α,β-unsaturated/α-hetero) is 1. The van der Waals surface area contributed by atoms with E-state index < -0.39 is 0 Å². The summed E-state index contributed by atoms with van der Waals surface area (Å²) in [7, 11) is 1.47. The van der Waals surface area contributed by atoms with Crippen molar-refractivity contribution in [2.45, 2.75) is 52.4 Å². The van der Waals surface area contributed by atoms with Gasteiger partial charge >= 0.3 is 14.0 Å². The normalized spacial score (nSPS) is 16.1. The lowest BCUT2D eigenvalue weighted by Gasteiger charge is -2.32. The van der Waals surface area contributed by atoms with E-state index in [-0.39, 0.29) is 30.6 Å². The molecule has 3 aliphatic rings. The molecule has 3 N–H and O–H groups in total. The molecule has 0 bridgehead atoms. The molecule has 0 unspecified atom stereocenters. The Kier molecular flexibility index (Phi) is 7.80. The first-order chi connectivity index (χ1) is 25.9. The van der Waals surface area contributed by atoms with Gasteiger partial charge in [-0.1, -0.05) is 139 Å². The predicted molar refractivity (Wildman–Crippen MR) is 224 cm³/mol. The van der Waals surface area contributed by atoms with E-state index in [0.29, 0.717) is 16.9 Å². The first-order valence-electron chi connectivity index (χ1n) is 18.6. The highest BCUT2D eigenvalue weighted by Crippen LogP contribution is 2.46. The summed E-state index contributed by atoms with van der Waals surface area (Å²) in [4.78, 5) is 31.3. The van der Waals surface area contributed by atoms with Gasteiger partial charge in [0.15, 0.2) is 5.76 Å². The number of benzene rings is 6. The summed E-state index contributed by atoms with van der Waals surface area (Å²) in [6, 6.07) is 37.9. The molecule has 266 valence electrons. The maximum Gasteiger partial charge on any atom is 0.427 e. The molecule has 54 heavy (non-hydrogen) atoms. The lowest BCUT2D eigenvalue weighted by molar-refractivity contribution is -0.232. The predicted octanol–water partition coefficient (Wildman–Crippen LogP) is 6.98. The summed E-state index contributed by atoms with van der Waals surface area (Å²) in [5, 5.41) is 16.7. The van der Waals surface area contributed by atoms with Crippen LogP contribution in [0, 0.1) is 0 Å². The van der Waals surface area contributed by atoms with Crippen molar-refractivity contribution in [3.63, 3.8) is 0 Å². The van der Waals surface area contributed by atoms with Crippen LogP contribution in [0.3, 0.4) is 0 Å². The van der Waals surface area contributed by atoms with Gasteiger partial charge < -0.3 is 25.5 Å². The maximum atomic E-state index is 14.7. The van der Waals surface area contributed by atoms with E-state index in [1.54, 1.807) is 0 Å². The van der Waals surface area contributed by atoms with Gasteiger partial charge in [-0.25, -0.2) is 0 Å². The Balaban J connectivity index is 1.21. The fourth-order valence-corrected chi connectivity index (χ4v) is 8.03. The third-order valence-corrected chi connectivity index (χ3v) is 11.0. The summed E-state index contributed by atoms with van der Waals surface area (Å²) in [5.74, 6) is 0.282. The molecule has 2 heterocycles. The van der Waals surface area contributed by atoms with E-state index >= 15 is 0 Å². The van der Waals surface area contributed by atoms with Gasteiger partial charge in [0.25, 0.3) is 0 Å². The van der Waals surface area contributed by atoms with Crippen LogP contribution in [0.1, 0.15) is 58.2 Å². The number of anilines is 3. The van der Waals surface area contributed by atoms with Gasteiger partial charge in [0.05, 0.1) is 23.6 Å². The molecule has 0 amide bonds. The Labute approximate surface area is 316 Å². The Morgan fingerprint density at radius 3 is 1.83 bits per heavy atom. The van der Waals surface area contributed by atoms with Crippen molar-refractivity contribution in [3.05, 3.63) is 142 Å².